The molecule has 0 bridgehead atoms. The van der Waals surface area contributed by atoms with E-state index < -0.39 is 0 Å². The molecule has 0 spiro atoms. The van der Waals surface area contributed by atoms with Gasteiger partial charge in [0.05, 0.1) is 0 Å². The topological polar surface area (TPSA) is 56.4 Å². The number of H-pyrrole nitrogens is 1. The van der Waals surface area contributed by atoms with Gasteiger partial charge in [0.2, 0.25) is 5.56 Å². The van der Waals surface area contributed by atoms with Crippen LogP contribution in [-0.2, 0) is 0 Å². The van der Waals surface area contributed by atoms with Crippen LogP contribution in [0.25, 0.3) is 0 Å². The lowest BCUT2D eigenvalue weighted by atomic mass is 10.3. The number of nitrogens with zero attached hydrogens (tertiary/aromatic N) is 2. The number of hydrogen-bond donors (Lipinski definition) is 1. The van der Waals surface area contributed by atoms with Crippen LogP contribution in [0.2, 0.25) is 0 Å². The summed E-state index contributed by atoms with van der Waals surface area (Å²) in [6, 6.07) is 4.64. The molecule has 18 heavy (non-hydrogen) atoms. The number of rotatable bonds is 6. The number of likely N-dealkylation sites (N-methyl/N-ethyl adjacent to an activating group) is 1. The number of pyridine rings is 1. The van der Waals surface area contributed by atoms with Gasteiger partial charge in [-0.25, -0.2) is 0 Å². The Morgan fingerprint density at radius 2 is 1.94 bits per heavy atom. The number of carbonyl (C=O) groups excluding carboxylic acids is 1. The zero-order chi connectivity index (χ0) is 13.5. The van der Waals surface area contributed by atoms with Crippen LogP contribution in [0.15, 0.2) is 23.0 Å². The number of carbonyl (C=O) groups is 1. The van der Waals surface area contributed by atoms with Crippen LogP contribution in [0.4, 0.5) is 0 Å². The third-order valence-electron chi connectivity index (χ3n) is 2.60. The van der Waals surface area contributed by atoms with Crippen LogP contribution in [-0.4, -0.2) is 54.4 Å². The third-order valence-corrected chi connectivity index (χ3v) is 2.60. The van der Waals surface area contributed by atoms with Gasteiger partial charge in [-0.3, -0.25) is 9.59 Å². The minimum atomic E-state index is -0.245. The zero-order valence-corrected chi connectivity index (χ0v) is 11.3. The second-order valence-electron chi connectivity index (χ2n) is 4.52. The van der Waals surface area contributed by atoms with Crippen molar-refractivity contribution in [2.24, 2.45) is 0 Å². The van der Waals surface area contributed by atoms with Crippen molar-refractivity contribution in [3.8, 4) is 0 Å². The van der Waals surface area contributed by atoms with Crippen molar-refractivity contribution in [3.63, 3.8) is 0 Å². The maximum Gasteiger partial charge on any atom is 0.270 e. The largest absolute Gasteiger partial charge is 0.336 e. The molecule has 0 saturated carbocycles. The molecule has 0 fully saturated rings. The number of hydrogen-bond acceptors (Lipinski definition) is 3. The van der Waals surface area contributed by atoms with Gasteiger partial charge in [0.1, 0.15) is 5.69 Å². The first kappa shape index (κ1) is 14.4. The van der Waals surface area contributed by atoms with E-state index in [4.69, 9.17) is 0 Å². The molecule has 0 aliphatic carbocycles. The van der Waals surface area contributed by atoms with Gasteiger partial charge in [-0.05, 0) is 26.6 Å². The highest BCUT2D eigenvalue weighted by Crippen LogP contribution is 2.01. The van der Waals surface area contributed by atoms with Gasteiger partial charge in [-0.15, -0.1) is 0 Å². The summed E-state index contributed by atoms with van der Waals surface area (Å²) in [5.74, 6) is -0.114. The summed E-state index contributed by atoms with van der Waals surface area (Å²) in [5.41, 5.74) is 0.111. The smallest absolute Gasteiger partial charge is 0.270 e. The quantitative estimate of drug-likeness (QED) is 0.813. The van der Waals surface area contributed by atoms with E-state index in [1.807, 2.05) is 25.9 Å². The predicted octanol–water partition coefficient (Wildman–Crippen LogP) is 0.789. The average molecular weight is 251 g/mol. The first-order valence-electron chi connectivity index (χ1n) is 6.18. The fourth-order valence-electron chi connectivity index (χ4n) is 1.65. The van der Waals surface area contributed by atoms with Crippen molar-refractivity contribution in [2.75, 3.05) is 33.7 Å². The Labute approximate surface area is 107 Å². The molecule has 0 aromatic carbocycles. The lowest BCUT2D eigenvalue weighted by Gasteiger charge is -2.23. The number of aromatic amines is 1. The standard InChI is InChI=1S/C13H21N3O2/c1-4-8-16(10-9-15(2)3)13(18)11-6-5-7-12(17)14-11/h5-7H,4,8-10H2,1-3H3,(H,14,17). The Kier molecular flexibility index (Phi) is 5.58. The molecule has 1 rings (SSSR count). The van der Waals surface area contributed by atoms with Crippen molar-refractivity contribution in [3.05, 3.63) is 34.2 Å². The van der Waals surface area contributed by atoms with Crippen molar-refractivity contribution in [1.29, 1.82) is 0 Å². The van der Waals surface area contributed by atoms with Crippen molar-refractivity contribution >= 4 is 5.91 Å². The van der Waals surface area contributed by atoms with E-state index in [1.54, 1.807) is 17.0 Å². The molecule has 1 aromatic rings. The second-order valence-corrected chi connectivity index (χ2v) is 4.52. The summed E-state index contributed by atoms with van der Waals surface area (Å²) in [4.78, 5) is 29.8. The molecule has 5 heteroatoms. The molecule has 0 atom stereocenters. The van der Waals surface area contributed by atoms with Crippen LogP contribution in [0, 0.1) is 0 Å². The Balaban J connectivity index is 2.78. The molecular formula is C13H21N3O2. The van der Waals surface area contributed by atoms with E-state index in [1.165, 1.54) is 6.07 Å². The molecule has 5 nitrogen and oxygen atoms in total. The van der Waals surface area contributed by atoms with Gasteiger partial charge in [-0.1, -0.05) is 13.0 Å². The summed E-state index contributed by atoms with van der Waals surface area (Å²) in [7, 11) is 3.94. The molecule has 1 N–H and O–H groups in total. The Morgan fingerprint density at radius 3 is 2.50 bits per heavy atom. The number of amides is 1. The lowest BCUT2D eigenvalue weighted by molar-refractivity contribution is 0.0739. The van der Waals surface area contributed by atoms with Crippen molar-refractivity contribution in [2.45, 2.75) is 13.3 Å². The van der Waals surface area contributed by atoms with E-state index in [2.05, 4.69) is 4.98 Å². The predicted molar refractivity (Wildman–Crippen MR) is 71.8 cm³/mol. The molecule has 1 aromatic heterocycles. The summed E-state index contributed by atoms with van der Waals surface area (Å²) in [6.07, 6.45) is 0.899. The SMILES string of the molecule is CCCN(CCN(C)C)C(=O)c1cccc(=O)[nH]1. The highest BCUT2D eigenvalue weighted by Gasteiger charge is 2.15. The molecule has 0 aliphatic heterocycles. The maximum absolute atomic E-state index is 12.2. The summed E-state index contributed by atoms with van der Waals surface area (Å²) in [6.45, 7) is 4.20. The molecule has 1 heterocycles. The summed E-state index contributed by atoms with van der Waals surface area (Å²) < 4.78 is 0. The van der Waals surface area contributed by atoms with E-state index in [9.17, 15) is 9.59 Å². The van der Waals surface area contributed by atoms with Crippen LogP contribution >= 0.6 is 0 Å². The lowest BCUT2D eigenvalue weighted by Crippen LogP contribution is -2.38. The minimum Gasteiger partial charge on any atom is -0.336 e. The van der Waals surface area contributed by atoms with Gasteiger partial charge in [-0.2, -0.15) is 0 Å². The molecule has 0 unspecified atom stereocenters. The molecule has 0 radical (unpaired) electrons. The Morgan fingerprint density at radius 1 is 1.22 bits per heavy atom. The van der Waals surface area contributed by atoms with E-state index >= 15 is 0 Å². The van der Waals surface area contributed by atoms with Crippen LogP contribution < -0.4 is 5.56 Å². The maximum atomic E-state index is 12.2. The molecule has 1 amide bonds. The van der Waals surface area contributed by atoms with E-state index in [0.29, 0.717) is 18.8 Å². The zero-order valence-electron chi connectivity index (χ0n) is 11.3. The van der Waals surface area contributed by atoms with Crippen molar-refractivity contribution in [1.82, 2.24) is 14.8 Å². The van der Waals surface area contributed by atoms with Crippen LogP contribution in [0.1, 0.15) is 23.8 Å². The van der Waals surface area contributed by atoms with Crippen LogP contribution in [0.3, 0.4) is 0 Å². The third kappa shape index (κ3) is 4.33. The number of nitrogens with one attached hydrogen (secondary N) is 1. The van der Waals surface area contributed by atoms with Gasteiger partial charge in [0.15, 0.2) is 0 Å². The van der Waals surface area contributed by atoms with Gasteiger partial charge < -0.3 is 14.8 Å². The van der Waals surface area contributed by atoms with Gasteiger partial charge in [0.25, 0.3) is 5.91 Å². The Bertz CT molecular complexity index is 440. The average Bonchev–Trinajstić information content (AvgIpc) is 2.33. The van der Waals surface area contributed by atoms with Gasteiger partial charge >= 0.3 is 0 Å². The fourth-order valence-corrected chi connectivity index (χ4v) is 1.65. The van der Waals surface area contributed by atoms with Gasteiger partial charge in [0, 0.05) is 25.7 Å². The van der Waals surface area contributed by atoms with Crippen LogP contribution in [0.5, 0.6) is 0 Å². The minimum absolute atomic E-state index is 0.114. The summed E-state index contributed by atoms with van der Waals surface area (Å²) >= 11 is 0. The highest BCUT2D eigenvalue weighted by molar-refractivity contribution is 5.92. The Hall–Kier alpha value is -1.62. The summed E-state index contributed by atoms with van der Waals surface area (Å²) in [5, 5.41) is 0. The number of aromatic nitrogens is 1. The van der Waals surface area contributed by atoms with E-state index in [-0.39, 0.29) is 11.5 Å². The normalized spacial score (nSPS) is 10.7. The monoisotopic (exact) mass is 251 g/mol. The molecular weight excluding hydrogens is 230 g/mol. The highest BCUT2D eigenvalue weighted by atomic mass is 16.2. The first-order valence-corrected chi connectivity index (χ1v) is 6.18. The van der Waals surface area contributed by atoms with E-state index in [0.717, 1.165) is 13.0 Å². The first-order chi connectivity index (χ1) is 8.54. The molecule has 100 valence electrons. The molecule has 0 aliphatic rings. The van der Waals surface area contributed by atoms with Crippen molar-refractivity contribution < 1.29 is 4.79 Å². The second kappa shape index (κ2) is 6.96. The fraction of sp³-hybridized carbons (Fsp3) is 0.538. The molecule has 0 saturated heterocycles.